The number of aromatic amines is 1. The van der Waals surface area contributed by atoms with E-state index in [0.717, 1.165) is 21.7 Å². The fourth-order valence-corrected chi connectivity index (χ4v) is 2.88. The number of hydrogen-bond acceptors (Lipinski definition) is 3. The summed E-state index contributed by atoms with van der Waals surface area (Å²) in [6.07, 6.45) is 2.11. The van der Waals surface area contributed by atoms with Crippen LogP contribution in [0, 0.1) is 6.92 Å². The lowest BCUT2D eigenvalue weighted by Crippen LogP contribution is -2.15. The first-order valence-corrected chi connectivity index (χ1v) is 5.74. The molecular weight excluding hydrogens is 226 g/mol. The molecule has 2 rings (SSSR count). The summed E-state index contributed by atoms with van der Waals surface area (Å²) in [4.78, 5) is 27.5. The van der Waals surface area contributed by atoms with Gasteiger partial charge in [-0.25, -0.2) is 4.79 Å². The van der Waals surface area contributed by atoms with Crippen LogP contribution in [0.3, 0.4) is 0 Å². The maximum atomic E-state index is 11.9. The number of carboxylic acids is 1. The summed E-state index contributed by atoms with van der Waals surface area (Å²) < 4.78 is 0. The zero-order valence-corrected chi connectivity index (χ0v) is 9.77. The van der Waals surface area contributed by atoms with Gasteiger partial charge in [0.05, 0.1) is 5.39 Å². The molecule has 16 heavy (non-hydrogen) atoms. The van der Waals surface area contributed by atoms with Crippen LogP contribution in [-0.4, -0.2) is 16.1 Å². The van der Waals surface area contributed by atoms with Crippen molar-refractivity contribution < 1.29 is 9.90 Å². The van der Waals surface area contributed by atoms with Gasteiger partial charge in [-0.05, 0) is 18.9 Å². The lowest BCUT2D eigenvalue weighted by Gasteiger charge is -1.95. The van der Waals surface area contributed by atoms with E-state index >= 15 is 0 Å². The molecule has 0 aliphatic carbocycles. The zero-order valence-electron chi connectivity index (χ0n) is 8.96. The number of thiophene rings is 1. The van der Waals surface area contributed by atoms with Gasteiger partial charge in [-0.15, -0.1) is 11.3 Å². The van der Waals surface area contributed by atoms with E-state index in [9.17, 15) is 9.59 Å². The predicted octanol–water partition coefficient (Wildman–Crippen LogP) is 2.16. The number of fused-ring (bicyclic) bond motifs is 1. The molecule has 0 spiro atoms. The molecule has 0 aliphatic heterocycles. The average Bonchev–Trinajstić information content (AvgIpc) is 2.56. The lowest BCUT2D eigenvalue weighted by molar-refractivity contribution is 0.0695. The normalized spacial score (nSPS) is 10.9. The summed E-state index contributed by atoms with van der Waals surface area (Å²) in [5.74, 6) is -1.19. The van der Waals surface area contributed by atoms with Gasteiger partial charge >= 0.3 is 5.97 Å². The Labute approximate surface area is 95.6 Å². The summed E-state index contributed by atoms with van der Waals surface area (Å²) in [5, 5.41) is 9.38. The third-order valence-electron chi connectivity index (χ3n) is 2.62. The minimum absolute atomic E-state index is 0.198. The van der Waals surface area contributed by atoms with Crippen molar-refractivity contribution in [1.29, 1.82) is 0 Å². The third kappa shape index (κ3) is 1.44. The molecule has 0 saturated carbocycles. The second-order valence-electron chi connectivity index (χ2n) is 3.54. The number of carboxylic acid groups (broad SMARTS) is 1. The Balaban J connectivity index is 2.88. The molecule has 0 aliphatic rings. The Bertz CT molecular complexity index is 624. The van der Waals surface area contributed by atoms with E-state index in [1.807, 2.05) is 13.8 Å². The van der Waals surface area contributed by atoms with Crippen molar-refractivity contribution in [3.8, 4) is 0 Å². The molecule has 0 aromatic carbocycles. The SMILES string of the molecule is CCc1sc2[nH]cc(C(=O)O)c(=O)c2c1C. The van der Waals surface area contributed by atoms with E-state index < -0.39 is 11.4 Å². The number of hydrogen-bond donors (Lipinski definition) is 2. The minimum atomic E-state index is -1.19. The molecule has 2 aromatic rings. The molecule has 2 heterocycles. The number of nitrogens with one attached hydrogen (secondary N) is 1. The number of aromatic nitrogens is 1. The van der Waals surface area contributed by atoms with Crippen molar-refractivity contribution >= 4 is 27.5 Å². The van der Waals surface area contributed by atoms with E-state index in [2.05, 4.69) is 4.98 Å². The number of H-pyrrole nitrogens is 1. The standard InChI is InChI=1S/C11H11NO3S/c1-3-7-5(2)8-9(13)6(11(14)15)4-12-10(8)16-7/h4H,3H2,1-2H3,(H,12,13)(H,14,15). The van der Waals surface area contributed by atoms with E-state index in [-0.39, 0.29) is 5.56 Å². The average molecular weight is 237 g/mol. The molecule has 0 fully saturated rings. The quantitative estimate of drug-likeness (QED) is 0.840. The molecule has 4 nitrogen and oxygen atoms in total. The first-order chi connectivity index (χ1) is 7.56. The topological polar surface area (TPSA) is 70.2 Å². The van der Waals surface area contributed by atoms with Crippen LogP contribution in [0.4, 0.5) is 0 Å². The highest BCUT2D eigenvalue weighted by Gasteiger charge is 2.16. The maximum absolute atomic E-state index is 11.9. The lowest BCUT2D eigenvalue weighted by atomic mass is 10.1. The summed E-state index contributed by atoms with van der Waals surface area (Å²) in [6, 6.07) is 0. The van der Waals surface area contributed by atoms with Gasteiger partial charge in [-0.3, -0.25) is 4.79 Å². The van der Waals surface area contributed by atoms with Crippen molar-refractivity contribution in [3.63, 3.8) is 0 Å². The maximum Gasteiger partial charge on any atom is 0.341 e. The Morgan fingerprint density at radius 1 is 1.56 bits per heavy atom. The van der Waals surface area contributed by atoms with Crippen molar-refractivity contribution in [2.45, 2.75) is 20.3 Å². The van der Waals surface area contributed by atoms with Crippen molar-refractivity contribution in [1.82, 2.24) is 4.98 Å². The molecule has 0 unspecified atom stereocenters. The highest BCUT2D eigenvalue weighted by Crippen LogP contribution is 2.27. The second kappa shape index (κ2) is 3.75. The largest absolute Gasteiger partial charge is 0.477 e. The molecule has 2 N–H and O–H groups in total. The van der Waals surface area contributed by atoms with Gasteiger partial charge in [0, 0.05) is 11.1 Å². The Morgan fingerprint density at radius 2 is 2.25 bits per heavy atom. The smallest absolute Gasteiger partial charge is 0.341 e. The molecular formula is C11H11NO3S. The minimum Gasteiger partial charge on any atom is -0.477 e. The summed E-state index contributed by atoms with van der Waals surface area (Å²) in [6.45, 7) is 3.87. The van der Waals surface area contributed by atoms with Crippen LogP contribution in [0.1, 0.15) is 27.7 Å². The fourth-order valence-electron chi connectivity index (χ4n) is 1.77. The molecule has 0 amide bonds. The summed E-state index contributed by atoms with van der Waals surface area (Å²) in [5.41, 5.74) is 0.303. The molecule has 0 atom stereocenters. The van der Waals surface area contributed by atoms with Crippen molar-refractivity contribution in [3.05, 3.63) is 32.4 Å². The zero-order chi connectivity index (χ0) is 11.9. The molecule has 0 saturated heterocycles. The Morgan fingerprint density at radius 3 is 2.81 bits per heavy atom. The predicted molar refractivity (Wildman–Crippen MR) is 63.5 cm³/mol. The van der Waals surface area contributed by atoms with Gasteiger partial charge in [-0.1, -0.05) is 6.92 Å². The number of aryl methyl sites for hydroxylation is 2. The van der Waals surface area contributed by atoms with Crippen LogP contribution in [0.5, 0.6) is 0 Å². The molecule has 0 bridgehead atoms. The summed E-state index contributed by atoms with van der Waals surface area (Å²) in [7, 11) is 0. The van der Waals surface area contributed by atoms with E-state index in [0.29, 0.717) is 5.39 Å². The highest BCUT2D eigenvalue weighted by atomic mass is 32.1. The fraction of sp³-hybridized carbons (Fsp3) is 0.273. The Kier molecular flexibility index (Phi) is 2.55. The van der Waals surface area contributed by atoms with Gasteiger partial charge in [-0.2, -0.15) is 0 Å². The number of carbonyl (C=O) groups is 1. The van der Waals surface area contributed by atoms with Gasteiger partial charge in [0.25, 0.3) is 0 Å². The third-order valence-corrected chi connectivity index (χ3v) is 3.98. The van der Waals surface area contributed by atoms with E-state index in [1.54, 1.807) is 0 Å². The van der Waals surface area contributed by atoms with Crippen LogP contribution in [-0.2, 0) is 6.42 Å². The Hall–Kier alpha value is -1.62. The van der Waals surface area contributed by atoms with E-state index in [1.165, 1.54) is 17.5 Å². The van der Waals surface area contributed by atoms with Gasteiger partial charge in [0.1, 0.15) is 10.4 Å². The number of aromatic carboxylic acids is 1. The first kappa shape index (κ1) is 10.9. The van der Waals surface area contributed by atoms with Crippen LogP contribution in [0.25, 0.3) is 10.2 Å². The van der Waals surface area contributed by atoms with Gasteiger partial charge in [0.2, 0.25) is 5.43 Å². The molecule has 84 valence electrons. The summed E-state index contributed by atoms with van der Waals surface area (Å²) >= 11 is 1.51. The van der Waals surface area contributed by atoms with Gasteiger partial charge in [0.15, 0.2) is 0 Å². The van der Waals surface area contributed by atoms with E-state index in [4.69, 9.17) is 5.11 Å². The molecule has 2 aromatic heterocycles. The van der Waals surface area contributed by atoms with Gasteiger partial charge < -0.3 is 10.1 Å². The van der Waals surface area contributed by atoms with Crippen molar-refractivity contribution in [2.24, 2.45) is 0 Å². The monoisotopic (exact) mass is 237 g/mol. The van der Waals surface area contributed by atoms with Crippen LogP contribution >= 0.6 is 11.3 Å². The second-order valence-corrected chi connectivity index (χ2v) is 4.65. The van der Waals surface area contributed by atoms with Crippen LogP contribution in [0.15, 0.2) is 11.0 Å². The number of pyridine rings is 1. The first-order valence-electron chi connectivity index (χ1n) is 4.93. The van der Waals surface area contributed by atoms with Crippen LogP contribution < -0.4 is 5.43 Å². The molecule has 0 radical (unpaired) electrons. The molecule has 5 heteroatoms. The highest BCUT2D eigenvalue weighted by molar-refractivity contribution is 7.18. The van der Waals surface area contributed by atoms with Crippen molar-refractivity contribution in [2.75, 3.05) is 0 Å². The number of rotatable bonds is 2. The van der Waals surface area contributed by atoms with Crippen LogP contribution in [0.2, 0.25) is 0 Å².